The molecule has 0 bridgehead atoms. The summed E-state index contributed by atoms with van der Waals surface area (Å²) in [5.41, 5.74) is 7.23. The van der Waals surface area contributed by atoms with Crippen molar-refractivity contribution in [3.05, 3.63) is 59.7 Å². The molecule has 3 rings (SSSR count). The van der Waals surface area contributed by atoms with E-state index in [1.807, 2.05) is 31.2 Å². The Hall–Kier alpha value is -2.40. The first-order valence-corrected chi connectivity index (χ1v) is 9.92. The zero-order valence-corrected chi connectivity index (χ0v) is 16.8. The summed E-state index contributed by atoms with van der Waals surface area (Å²) < 4.78 is 5.21. The third-order valence-corrected chi connectivity index (χ3v) is 5.25. The van der Waals surface area contributed by atoms with E-state index in [-0.39, 0.29) is 0 Å². The Bertz CT molecular complexity index is 795. The molecule has 0 radical (unpaired) electrons. The van der Waals surface area contributed by atoms with Crippen molar-refractivity contribution in [3.8, 4) is 5.75 Å². The Morgan fingerprint density at radius 2 is 1.81 bits per heavy atom. The van der Waals surface area contributed by atoms with Crippen molar-refractivity contribution in [2.45, 2.75) is 44.9 Å². The number of rotatable bonds is 5. The van der Waals surface area contributed by atoms with Gasteiger partial charge in [0.05, 0.1) is 12.8 Å². The molecular weight excluding hydrogens is 354 g/mol. The second kappa shape index (κ2) is 9.51. The molecule has 0 aromatic heterocycles. The van der Waals surface area contributed by atoms with Crippen LogP contribution in [0.25, 0.3) is 0 Å². The molecule has 0 unspecified atom stereocenters. The number of hydrogen-bond acceptors (Lipinski definition) is 3. The maximum atomic E-state index is 5.32. The van der Waals surface area contributed by atoms with Crippen LogP contribution < -0.4 is 15.5 Å². The quantitative estimate of drug-likeness (QED) is 0.410. The standard InChI is InChI=1S/C22H27N3OS/c1-16(17-11-13-19(14-12-17)18-7-4-3-5-8-18)24-25-22(27)23-20-9-6-10-21(15-20)26-2/h6,9-15,18H,3-5,7-8H2,1-2H3,(H2,23,25,27)/b24-16+. The summed E-state index contributed by atoms with van der Waals surface area (Å²) in [6, 6.07) is 16.4. The summed E-state index contributed by atoms with van der Waals surface area (Å²) in [6.07, 6.45) is 6.73. The molecule has 0 saturated heterocycles. The van der Waals surface area contributed by atoms with E-state index < -0.39 is 0 Å². The molecular formula is C22H27N3OS. The highest BCUT2D eigenvalue weighted by Crippen LogP contribution is 2.32. The Kier molecular flexibility index (Phi) is 6.82. The van der Waals surface area contributed by atoms with Gasteiger partial charge in [0.15, 0.2) is 5.11 Å². The van der Waals surface area contributed by atoms with Gasteiger partial charge >= 0.3 is 0 Å². The number of methoxy groups -OCH3 is 1. The second-order valence-electron chi connectivity index (χ2n) is 6.95. The molecule has 1 fully saturated rings. The lowest BCUT2D eigenvalue weighted by atomic mass is 9.84. The van der Waals surface area contributed by atoms with Crippen LogP contribution in [0.4, 0.5) is 5.69 Å². The van der Waals surface area contributed by atoms with Crippen LogP contribution in [-0.2, 0) is 0 Å². The van der Waals surface area contributed by atoms with Gasteiger partial charge in [0.25, 0.3) is 0 Å². The first-order valence-electron chi connectivity index (χ1n) is 9.51. The highest BCUT2D eigenvalue weighted by Gasteiger charge is 2.15. The Labute approximate surface area is 167 Å². The van der Waals surface area contributed by atoms with E-state index in [4.69, 9.17) is 17.0 Å². The van der Waals surface area contributed by atoms with E-state index in [9.17, 15) is 0 Å². The third-order valence-electron chi connectivity index (χ3n) is 5.06. The van der Waals surface area contributed by atoms with Crippen LogP contribution in [-0.4, -0.2) is 17.9 Å². The zero-order valence-electron chi connectivity index (χ0n) is 16.0. The summed E-state index contributed by atoms with van der Waals surface area (Å²) in [4.78, 5) is 0. The van der Waals surface area contributed by atoms with Crippen molar-refractivity contribution in [2.24, 2.45) is 5.10 Å². The first kappa shape index (κ1) is 19.4. The minimum Gasteiger partial charge on any atom is -0.497 e. The van der Waals surface area contributed by atoms with E-state index in [0.717, 1.165) is 28.6 Å². The Morgan fingerprint density at radius 1 is 1.07 bits per heavy atom. The van der Waals surface area contributed by atoms with Gasteiger partial charge in [-0.05, 0) is 61.2 Å². The monoisotopic (exact) mass is 381 g/mol. The van der Waals surface area contributed by atoms with Crippen LogP contribution in [0.3, 0.4) is 0 Å². The molecule has 5 heteroatoms. The number of benzene rings is 2. The number of thiocarbonyl (C=S) groups is 1. The maximum absolute atomic E-state index is 5.32. The lowest BCUT2D eigenvalue weighted by Crippen LogP contribution is -2.25. The van der Waals surface area contributed by atoms with Crippen molar-refractivity contribution >= 4 is 28.7 Å². The zero-order chi connectivity index (χ0) is 19.1. The number of hydrogen-bond donors (Lipinski definition) is 2. The van der Waals surface area contributed by atoms with Crippen molar-refractivity contribution in [2.75, 3.05) is 12.4 Å². The number of nitrogens with one attached hydrogen (secondary N) is 2. The minimum atomic E-state index is 0.446. The number of anilines is 1. The minimum absolute atomic E-state index is 0.446. The molecule has 0 aliphatic heterocycles. The van der Waals surface area contributed by atoms with Crippen LogP contribution in [0.1, 0.15) is 56.1 Å². The lowest BCUT2D eigenvalue weighted by molar-refractivity contribution is 0.415. The molecule has 1 aliphatic carbocycles. The number of hydrazone groups is 1. The fourth-order valence-corrected chi connectivity index (χ4v) is 3.65. The topological polar surface area (TPSA) is 45.6 Å². The third kappa shape index (κ3) is 5.54. The SMILES string of the molecule is COc1cccc(NC(=S)N/N=C(\C)c2ccc(C3CCCCC3)cc2)c1. The average Bonchev–Trinajstić information content (AvgIpc) is 2.73. The van der Waals surface area contributed by atoms with Gasteiger partial charge in [-0.2, -0.15) is 5.10 Å². The highest BCUT2D eigenvalue weighted by atomic mass is 32.1. The van der Waals surface area contributed by atoms with Gasteiger partial charge in [-0.1, -0.05) is 49.6 Å². The predicted octanol–water partition coefficient (Wildman–Crippen LogP) is 5.45. The molecule has 1 saturated carbocycles. The smallest absolute Gasteiger partial charge is 0.191 e. The van der Waals surface area contributed by atoms with E-state index in [2.05, 4.69) is 40.1 Å². The van der Waals surface area contributed by atoms with Gasteiger partial charge in [0.1, 0.15) is 5.75 Å². The Balaban J connectivity index is 1.57. The first-order chi connectivity index (χ1) is 13.2. The molecule has 0 amide bonds. The lowest BCUT2D eigenvalue weighted by Gasteiger charge is -2.22. The van der Waals surface area contributed by atoms with Crippen LogP contribution in [0.2, 0.25) is 0 Å². The summed E-state index contributed by atoms with van der Waals surface area (Å²) in [7, 11) is 1.64. The van der Waals surface area contributed by atoms with Crippen LogP contribution in [0, 0.1) is 0 Å². The van der Waals surface area contributed by atoms with E-state index >= 15 is 0 Å². The van der Waals surface area contributed by atoms with Gasteiger partial charge < -0.3 is 10.1 Å². The highest BCUT2D eigenvalue weighted by molar-refractivity contribution is 7.80. The fraction of sp³-hybridized carbons (Fsp3) is 0.364. The normalized spacial score (nSPS) is 15.3. The summed E-state index contributed by atoms with van der Waals surface area (Å²) in [5, 5.41) is 7.96. The second-order valence-corrected chi connectivity index (χ2v) is 7.36. The molecule has 1 aliphatic rings. The molecule has 27 heavy (non-hydrogen) atoms. The molecule has 0 spiro atoms. The Morgan fingerprint density at radius 3 is 2.52 bits per heavy atom. The summed E-state index contributed by atoms with van der Waals surface area (Å²) >= 11 is 5.32. The molecule has 4 nitrogen and oxygen atoms in total. The summed E-state index contributed by atoms with van der Waals surface area (Å²) in [5.74, 6) is 1.50. The van der Waals surface area contributed by atoms with E-state index in [1.165, 1.54) is 37.7 Å². The van der Waals surface area contributed by atoms with Crippen LogP contribution >= 0.6 is 12.2 Å². The summed E-state index contributed by atoms with van der Waals surface area (Å²) in [6.45, 7) is 1.98. The molecule has 2 aromatic carbocycles. The van der Waals surface area contributed by atoms with Crippen molar-refractivity contribution in [1.29, 1.82) is 0 Å². The van der Waals surface area contributed by atoms with Crippen molar-refractivity contribution in [3.63, 3.8) is 0 Å². The fourth-order valence-electron chi connectivity index (χ4n) is 3.49. The maximum Gasteiger partial charge on any atom is 0.191 e. The largest absolute Gasteiger partial charge is 0.497 e. The molecule has 2 N–H and O–H groups in total. The molecule has 0 atom stereocenters. The van der Waals surface area contributed by atoms with Crippen LogP contribution in [0.15, 0.2) is 53.6 Å². The van der Waals surface area contributed by atoms with Crippen molar-refractivity contribution < 1.29 is 4.74 Å². The molecule has 142 valence electrons. The van der Waals surface area contributed by atoms with Gasteiger partial charge in [0, 0.05) is 11.8 Å². The van der Waals surface area contributed by atoms with E-state index in [0.29, 0.717) is 5.11 Å². The van der Waals surface area contributed by atoms with Gasteiger partial charge in [-0.15, -0.1) is 0 Å². The van der Waals surface area contributed by atoms with Crippen molar-refractivity contribution in [1.82, 2.24) is 5.43 Å². The average molecular weight is 382 g/mol. The molecule has 2 aromatic rings. The van der Waals surface area contributed by atoms with Gasteiger partial charge in [-0.3, -0.25) is 5.43 Å². The predicted molar refractivity (Wildman–Crippen MR) is 117 cm³/mol. The number of ether oxygens (including phenoxy) is 1. The van der Waals surface area contributed by atoms with E-state index in [1.54, 1.807) is 7.11 Å². The van der Waals surface area contributed by atoms with Crippen LogP contribution in [0.5, 0.6) is 5.75 Å². The molecule has 0 heterocycles. The van der Waals surface area contributed by atoms with Gasteiger partial charge in [-0.25, -0.2) is 0 Å². The number of nitrogens with zero attached hydrogens (tertiary/aromatic N) is 1. The van der Waals surface area contributed by atoms with Gasteiger partial charge in [0.2, 0.25) is 0 Å².